The fraction of sp³-hybridized carbons (Fsp3) is 0.600. The molecule has 0 radical (unpaired) electrons. The summed E-state index contributed by atoms with van der Waals surface area (Å²) in [4.78, 5) is 32.5. The molecule has 124 valence electrons. The van der Waals surface area contributed by atoms with Crippen LogP contribution in [0.4, 0.5) is 10.2 Å². The second-order valence-corrected chi connectivity index (χ2v) is 6.40. The van der Waals surface area contributed by atoms with Crippen molar-refractivity contribution in [1.29, 1.82) is 0 Å². The Labute approximate surface area is 123 Å². The number of rotatable bonds is 4. The van der Waals surface area contributed by atoms with Crippen LogP contribution in [0, 0.1) is 5.82 Å². The third-order valence-electron chi connectivity index (χ3n) is 3.09. The molecule has 10 nitrogen and oxygen atoms in total. The van der Waals surface area contributed by atoms with Crippen molar-refractivity contribution in [2.45, 2.75) is 31.5 Å². The summed E-state index contributed by atoms with van der Waals surface area (Å²) in [6, 6.07) is 0. The van der Waals surface area contributed by atoms with Crippen molar-refractivity contribution in [1.82, 2.24) is 9.55 Å². The second kappa shape index (κ2) is 6.03. The van der Waals surface area contributed by atoms with E-state index in [2.05, 4.69) is 4.98 Å². The minimum atomic E-state index is -4.43. The zero-order valence-corrected chi connectivity index (χ0v) is 12.3. The van der Waals surface area contributed by atoms with Gasteiger partial charge in [-0.3, -0.25) is 9.13 Å². The number of nitrogen functional groups attached to an aromatic ring is 1. The quantitative estimate of drug-likeness (QED) is 0.493. The van der Waals surface area contributed by atoms with Gasteiger partial charge >= 0.3 is 13.3 Å². The van der Waals surface area contributed by atoms with Gasteiger partial charge in [-0.15, -0.1) is 0 Å². The first-order valence-electron chi connectivity index (χ1n) is 6.14. The van der Waals surface area contributed by atoms with Crippen molar-refractivity contribution in [3.8, 4) is 0 Å². The summed E-state index contributed by atoms with van der Waals surface area (Å²) in [7, 11) is -4.43. The standard InChI is InChI=1S/C10H15FN3O7P/c1-4-7(20-3-22(17,18)19)6(15)9(21-4)14-2-5(11)8(12)13-10(14)16/h2,4,6-7,9,15H,3H2,1H3,(H2,12,13,16)(H2,17,18,19)/t4-,6-,7+,9-/m1/s1. The van der Waals surface area contributed by atoms with Gasteiger partial charge < -0.3 is 30.1 Å². The molecule has 0 aromatic carbocycles. The number of nitrogens with two attached hydrogens (primary N) is 1. The molecule has 12 heteroatoms. The molecule has 0 saturated carbocycles. The Balaban J connectivity index is 2.23. The molecule has 1 aliphatic rings. The number of halogens is 1. The fourth-order valence-electron chi connectivity index (χ4n) is 2.11. The van der Waals surface area contributed by atoms with E-state index in [1.54, 1.807) is 0 Å². The van der Waals surface area contributed by atoms with E-state index >= 15 is 0 Å². The van der Waals surface area contributed by atoms with Crippen molar-refractivity contribution in [3.05, 3.63) is 22.5 Å². The molecule has 2 heterocycles. The molecule has 0 amide bonds. The van der Waals surface area contributed by atoms with Gasteiger partial charge in [0.25, 0.3) is 0 Å². The number of aromatic nitrogens is 2. The molecule has 0 spiro atoms. The van der Waals surface area contributed by atoms with Crippen LogP contribution in [0.3, 0.4) is 0 Å². The molecular formula is C10H15FN3O7P. The topological polar surface area (TPSA) is 157 Å². The van der Waals surface area contributed by atoms with E-state index < -0.39 is 55.8 Å². The van der Waals surface area contributed by atoms with Gasteiger partial charge in [-0.2, -0.15) is 4.98 Å². The highest BCUT2D eigenvalue weighted by Gasteiger charge is 2.44. The number of ether oxygens (including phenoxy) is 2. The van der Waals surface area contributed by atoms with Crippen LogP contribution < -0.4 is 11.4 Å². The Morgan fingerprint density at radius 3 is 2.82 bits per heavy atom. The number of anilines is 1. The van der Waals surface area contributed by atoms with E-state index in [4.69, 9.17) is 25.0 Å². The zero-order valence-electron chi connectivity index (χ0n) is 11.4. The maximum atomic E-state index is 13.4. The molecule has 0 bridgehead atoms. The highest BCUT2D eigenvalue weighted by molar-refractivity contribution is 7.51. The smallest absolute Gasteiger partial charge is 0.351 e. The van der Waals surface area contributed by atoms with Crippen LogP contribution in [-0.2, 0) is 14.0 Å². The summed E-state index contributed by atoms with van der Waals surface area (Å²) in [6.07, 6.45) is -4.85. The molecule has 5 N–H and O–H groups in total. The van der Waals surface area contributed by atoms with Crippen LogP contribution in [0.1, 0.15) is 13.2 Å². The molecule has 4 atom stereocenters. The van der Waals surface area contributed by atoms with Crippen LogP contribution in [0.5, 0.6) is 0 Å². The SMILES string of the molecule is C[C@H]1O[C@@H](n2cc(F)c(N)nc2=O)[C@H](O)[C@H]1OCP(=O)(O)O. The summed E-state index contributed by atoms with van der Waals surface area (Å²) in [5.74, 6) is -1.56. The van der Waals surface area contributed by atoms with Gasteiger partial charge in [-0.25, -0.2) is 9.18 Å². The minimum Gasteiger partial charge on any atom is -0.386 e. The average molecular weight is 339 g/mol. The third kappa shape index (κ3) is 3.51. The lowest BCUT2D eigenvalue weighted by atomic mass is 10.1. The Morgan fingerprint density at radius 1 is 1.59 bits per heavy atom. The van der Waals surface area contributed by atoms with Gasteiger partial charge in [0.15, 0.2) is 17.9 Å². The van der Waals surface area contributed by atoms with Gasteiger partial charge in [0.1, 0.15) is 18.6 Å². The predicted octanol–water partition coefficient (Wildman–Crippen LogP) is -1.24. The molecular weight excluding hydrogens is 324 g/mol. The summed E-state index contributed by atoms with van der Waals surface area (Å²) >= 11 is 0. The highest BCUT2D eigenvalue weighted by Crippen LogP contribution is 2.37. The largest absolute Gasteiger partial charge is 0.386 e. The fourth-order valence-corrected chi connectivity index (χ4v) is 2.47. The minimum absolute atomic E-state index is 0.587. The molecule has 1 fully saturated rings. The van der Waals surface area contributed by atoms with Gasteiger partial charge in [-0.05, 0) is 6.92 Å². The Morgan fingerprint density at radius 2 is 2.23 bits per heavy atom. The zero-order chi connectivity index (χ0) is 16.7. The first kappa shape index (κ1) is 17.0. The van der Waals surface area contributed by atoms with Crippen LogP contribution in [0.2, 0.25) is 0 Å². The lowest BCUT2D eigenvalue weighted by Crippen LogP contribution is -2.37. The molecule has 1 saturated heterocycles. The molecule has 1 aromatic rings. The molecule has 22 heavy (non-hydrogen) atoms. The van der Waals surface area contributed by atoms with E-state index in [9.17, 15) is 18.9 Å². The van der Waals surface area contributed by atoms with Crippen molar-refractivity contribution in [2.75, 3.05) is 12.1 Å². The van der Waals surface area contributed by atoms with Crippen LogP contribution >= 0.6 is 7.60 Å². The van der Waals surface area contributed by atoms with Crippen molar-refractivity contribution in [3.63, 3.8) is 0 Å². The average Bonchev–Trinajstić information content (AvgIpc) is 2.66. The van der Waals surface area contributed by atoms with Gasteiger partial charge in [0, 0.05) is 0 Å². The van der Waals surface area contributed by atoms with Gasteiger partial charge in [-0.1, -0.05) is 0 Å². The highest BCUT2D eigenvalue weighted by atomic mass is 31.2. The van der Waals surface area contributed by atoms with E-state index in [0.29, 0.717) is 4.57 Å². The maximum absolute atomic E-state index is 13.4. The van der Waals surface area contributed by atoms with Gasteiger partial charge in [0.2, 0.25) is 0 Å². The number of hydrogen-bond acceptors (Lipinski definition) is 7. The summed E-state index contributed by atoms with van der Waals surface area (Å²) < 4.78 is 35.2. The first-order valence-corrected chi connectivity index (χ1v) is 7.94. The molecule has 0 unspecified atom stereocenters. The van der Waals surface area contributed by atoms with Crippen molar-refractivity contribution < 1.29 is 33.3 Å². The van der Waals surface area contributed by atoms with Crippen molar-refractivity contribution in [2.24, 2.45) is 0 Å². The van der Waals surface area contributed by atoms with Gasteiger partial charge in [0.05, 0.1) is 12.3 Å². The van der Waals surface area contributed by atoms with Crippen molar-refractivity contribution >= 4 is 13.4 Å². The van der Waals surface area contributed by atoms with E-state index in [0.717, 1.165) is 6.20 Å². The summed E-state index contributed by atoms with van der Waals surface area (Å²) in [5, 5.41) is 10.1. The first-order chi connectivity index (χ1) is 10.1. The second-order valence-electron chi connectivity index (χ2n) is 4.81. The van der Waals surface area contributed by atoms with Crippen LogP contribution in [0.15, 0.2) is 11.0 Å². The molecule has 0 aliphatic carbocycles. The molecule has 1 aromatic heterocycles. The Hall–Kier alpha value is -1.36. The van der Waals surface area contributed by atoms with E-state index in [1.807, 2.05) is 0 Å². The number of hydrogen-bond donors (Lipinski definition) is 4. The third-order valence-corrected chi connectivity index (χ3v) is 3.57. The maximum Gasteiger partial charge on any atom is 0.351 e. The molecule has 1 aliphatic heterocycles. The van der Waals surface area contributed by atoms with E-state index in [-0.39, 0.29) is 0 Å². The van der Waals surface area contributed by atoms with Crippen LogP contribution in [0.25, 0.3) is 0 Å². The predicted molar refractivity (Wildman–Crippen MR) is 70.2 cm³/mol. The molecule has 2 rings (SSSR count). The van der Waals surface area contributed by atoms with E-state index in [1.165, 1.54) is 6.92 Å². The Bertz CT molecular complexity index is 662. The number of nitrogens with zero attached hydrogens (tertiary/aromatic N) is 2. The number of aliphatic hydroxyl groups is 1. The lowest BCUT2D eigenvalue weighted by molar-refractivity contribution is -0.0362. The Kier molecular flexibility index (Phi) is 4.66. The monoisotopic (exact) mass is 339 g/mol. The van der Waals surface area contributed by atoms with Crippen LogP contribution in [-0.4, -0.2) is 49.1 Å². The summed E-state index contributed by atoms with van der Waals surface area (Å²) in [6.45, 7) is 1.47. The normalized spacial score (nSPS) is 29.0. The number of aliphatic hydroxyl groups excluding tert-OH is 1. The summed E-state index contributed by atoms with van der Waals surface area (Å²) in [5.41, 5.74) is 4.22. The lowest BCUT2D eigenvalue weighted by Gasteiger charge is -2.20.